The Kier molecular flexibility index (Phi) is 4.49. The van der Waals surface area contributed by atoms with Crippen molar-refractivity contribution in [1.82, 2.24) is 14.8 Å². The van der Waals surface area contributed by atoms with E-state index in [1.807, 2.05) is 0 Å². The molecule has 0 radical (unpaired) electrons. The molecule has 8 heteroatoms. The summed E-state index contributed by atoms with van der Waals surface area (Å²) in [6, 6.07) is 11.9. The number of benzene rings is 1. The number of nitrogens with two attached hydrogens (primary N) is 1. The number of hydrogen-bond acceptors (Lipinski definition) is 4. The number of nitrogens with zero attached hydrogens (tertiary/aromatic N) is 3. The SMILES string of the molecule is CC(=O)Nc1cc(-c2cc(C(N)=O)n(-c3ccccc3Cl)n2)ccn1. The minimum absolute atomic E-state index is 0.195. The standard InChI is InChI=1S/C17H14ClN5O2/c1-10(24)21-16-8-11(6-7-20-16)13-9-15(17(19)25)23(22-13)14-5-3-2-4-12(14)18/h2-9H,1H3,(H2,19,25)(H,20,21,24). The van der Waals surface area contributed by atoms with Crippen molar-refractivity contribution < 1.29 is 9.59 Å². The lowest BCUT2D eigenvalue weighted by Crippen LogP contribution is -2.16. The molecule has 25 heavy (non-hydrogen) atoms. The monoisotopic (exact) mass is 355 g/mol. The van der Waals surface area contributed by atoms with Crippen molar-refractivity contribution in [2.45, 2.75) is 6.92 Å². The van der Waals surface area contributed by atoms with Crippen LogP contribution < -0.4 is 11.1 Å². The quantitative estimate of drug-likeness (QED) is 0.750. The number of nitrogens with one attached hydrogen (secondary N) is 1. The molecule has 7 nitrogen and oxygen atoms in total. The van der Waals surface area contributed by atoms with Gasteiger partial charge in [-0.25, -0.2) is 9.67 Å². The lowest BCUT2D eigenvalue weighted by molar-refractivity contribution is -0.114. The lowest BCUT2D eigenvalue weighted by atomic mass is 10.2. The van der Waals surface area contributed by atoms with Crippen LogP contribution in [-0.2, 0) is 4.79 Å². The van der Waals surface area contributed by atoms with E-state index in [1.165, 1.54) is 11.6 Å². The molecule has 126 valence electrons. The van der Waals surface area contributed by atoms with Crippen molar-refractivity contribution in [3.8, 4) is 16.9 Å². The molecule has 0 saturated carbocycles. The van der Waals surface area contributed by atoms with Crippen molar-refractivity contribution in [3.05, 3.63) is 59.4 Å². The number of hydrogen-bond donors (Lipinski definition) is 2. The van der Waals surface area contributed by atoms with Crippen LogP contribution in [0.1, 0.15) is 17.4 Å². The van der Waals surface area contributed by atoms with Crippen LogP contribution in [0, 0.1) is 0 Å². The molecule has 0 spiro atoms. The summed E-state index contributed by atoms with van der Waals surface area (Å²) in [5.74, 6) is -0.475. The second kappa shape index (κ2) is 6.74. The molecule has 0 bridgehead atoms. The fraction of sp³-hybridized carbons (Fsp3) is 0.0588. The van der Waals surface area contributed by atoms with Crippen molar-refractivity contribution in [2.75, 3.05) is 5.32 Å². The zero-order valence-corrected chi connectivity index (χ0v) is 14.0. The highest BCUT2D eigenvalue weighted by atomic mass is 35.5. The Labute approximate surface area is 148 Å². The molecule has 0 aliphatic rings. The van der Waals surface area contributed by atoms with Gasteiger partial charge in [0.2, 0.25) is 5.91 Å². The molecule has 2 amide bonds. The highest BCUT2D eigenvalue weighted by Gasteiger charge is 2.17. The topological polar surface area (TPSA) is 103 Å². The average Bonchev–Trinajstić information content (AvgIpc) is 3.00. The van der Waals surface area contributed by atoms with E-state index in [0.717, 1.165) is 0 Å². The Bertz CT molecular complexity index is 967. The van der Waals surface area contributed by atoms with Gasteiger partial charge in [0.15, 0.2) is 0 Å². The zero-order valence-electron chi connectivity index (χ0n) is 13.2. The second-order valence-electron chi connectivity index (χ2n) is 5.25. The molecule has 0 unspecified atom stereocenters. The summed E-state index contributed by atoms with van der Waals surface area (Å²) < 4.78 is 1.40. The van der Waals surface area contributed by atoms with E-state index in [-0.39, 0.29) is 11.6 Å². The van der Waals surface area contributed by atoms with Crippen molar-refractivity contribution >= 4 is 29.2 Å². The first-order chi connectivity index (χ1) is 12.0. The van der Waals surface area contributed by atoms with Crippen molar-refractivity contribution in [1.29, 1.82) is 0 Å². The summed E-state index contributed by atoms with van der Waals surface area (Å²) in [5.41, 5.74) is 7.39. The summed E-state index contributed by atoms with van der Waals surface area (Å²) in [6.45, 7) is 1.39. The molecule has 1 aromatic carbocycles. The summed E-state index contributed by atoms with van der Waals surface area (Å²) in [4.78, 5) is 27.1. The van der Waals surface area contributed by atoms with Gasteiger partial charge in [-0.3, -0.25) is 9.59 Å². The van der Waals surface area contributed by atoms with Gasteiger partial charge in [-0.2, -0.15) is 5.10 Å². The predicted molar refractivity (Wildman–Crippen MR) is 94.6 cm³/mol. The molecule has 3 aromatic rings. The maximum absolute atomic E-state index is 11.8. The lowest BCUT2D eigenvalue weighted by Gasteiger charge is -2.06. The van der Waals surface area contributed by atoms with Gasteiger partial charge in [-0.05, 0) is 30.3 Å². The number of aromatic nitrogens is 3. The minimum atomic E-state index is -0.630. The van der Waals surface area contributed by atoms with Gasteiger partial charge in [0.05, 0.1) is 16.4 Å². The van der Waals surface area contributed by atoms with Crippen molar-refractivity contribution in [3.63, 3.8) is 0 Å². The van der Waals surface area contributed by atoms with Crippen LogP contribution in [0.2, 0.25) is 5.02 Å². The van der Waals surface area contributed by atoms with Crippen LogP contribution >= 0.6 is 11.6 Å². The Hall–Kier alpha value is -3.19. The van der Waals surface area contributed by atoms with Crippen LogP contribution in [0.4, 0.5) is 5.82 Å². The summed E-state index contributed by atoms with van der Waals surface area (Å²) in [6.07, 6.45) is 1.54. The number of carbonyl (C=O) groups is 2. The Morgan fingerprint density at radius 3 is 2.64 bits per heavy atom. The third-order valence-corrected chi connectivity index (χ3v) is 3.72. The van der Waals surface area contributed by atoms with Gasteiger partial charge in [-0.1, -0.05) is 23.7 Å². The third kappa shape index (κ3) is 3.51. The molecule has 0 fully saturated rings. The average molecular weight is 356 g/mol. The first-order valence-corrected chi connectivity index (χ1v) is 7.72. The van der Waals surface area contributed by atoms with E-state index in [4.69, 9.17) is 17.3 Å². The fourth-order valence-corrected chi connectivity index (χ4v) is 2.56. The van der Waals surface area contributed by atoms with E-state index in [9.17, 15) is 9.59 Å². The molecule has 2 aromatic heterocycles. The number of anilines is 1. The molecule has 0 aliphatic carbocycles. The maximum Gasteiger partial charge on any atom is 0.267 e. The summed E-state index contributed by atoms with van der Waals surface area (Å²) in [5, 5.41) is 7.48. The first-order valence-electron chi connectivity index (χ1n) is 7.34. The summed E-state index contributed by atoms with van der Waals surface area (Å²) in [7, 11) is 0. The van der Waals surface area contributed by atoms with Gasteiger partial charge in [-0.15, -0.1) is 0 Å². The molecule has 0 atom stereocenters. The third-order valence-electron chi connectivity index (χ3n) is 3.40. The van der Waals surface area contributed by atoms with Crippen molar-refractivity contribution in [2.24, 2.45) is 5.73 Å². The number of halogens is 1. The van der Waals surface area contributed by atoms with E-state index < -0.39 is 5.91 Å². The molecule has 2 heterocycles. The molecule has 0 saturated heterocycles. The van der Waals surface area contributed by atoms with Gasteiger partial charge in [0, 0.05) is 18.7 Å². The molecule has 0 aliphatic heterocycles. The second-order valence-corrected chi connectivity index (χ2v) is 5.66. The number of rotatable bonds is 4. The smallest absolute Gasteiger partial charge is 0.267 e. The highest BCUT2D eigenvalue weighted by Crippen LogP contribution is 2.26. The van der Waals surface area contributed by atoms with Crippen LogP contribution in [0.5, 0.6) is 0 Å². The Morgan fingerprint density at radius 1 is 1.20 bits per heavy atom. The Morgan fingerprint density at radius 2 is 1.96 bits per heavy atom. The molecular formula is C17H14ClN5O2. The number of primary amides is 1. The number of carbonyl (C=O) groups excluding carboxylic acids is 2. The maximum atomic E-state index is 11.8. The summed E-state index contributed by atoms with van der Waals surface area (Å²) >= 11 is 6.20. The molecule has 3 rings (SSSR count). The van der Waals surface area contributed by atoms with E-state index in [0.29, 0.717) is 27.8 Å². The zero-order chi connectivity index (χ0) is 18.0. The number of para-hydroxylation sites is 1. The van der Waals surface area contributed by atoms with E-state index in [1.54, 1.807) is 48.7 Å². The van der Waals surface area contributed by atoms with Gasteiger partial charge >= 0.3 is 0 Å². The van der Waals surface area contributed by atoms with Gasteiger partial charge in [0.1, 0.15) is 11.5 Å². The molecule has 3 N–H and O–H groups in total. The van der Waals surface area contributed by atoms with Crippen LogP contribution in [0.15, 0.2) is 48.7 Å². The van der Waals surface area contributed by atoms with E-state index in [2.05, 4.69) is 15.4 Å². The number of pyridine rings is 1. The Balaban J connectivity index is 2.10. The number of amides is 2. The highest BCUT2D eigenvalue weighted by molar-refractivity contribution is 6.32. The van der Waals surface area contributed by atoms with Gasteiger partial charge < -0.3 is 11.1 Å². The molecular weight excluding hydrogens is 342 g/mol. The van der Waals surface area contributed by atoms with Gasteiger partial charge in [0.25, 0.3) is 5.91 Å². The van der Waals surface area contributed by atoms with Crippen LogP contribution in [-0.4, -0.2) is 26.6 Å². The predicted octanol–water partition coefficient (Wildman–Crippen LogP) is 2.65. The largest absolute Gasteiger partial charge is 0.364 e. The minimum Gasteiger partial charge on any atom is -0.364 e. The van der Waals surface area contributed by atoms with Crippen LogP contribution in [0.25, 0.3) is 16.9 Å². The first kappa shape index (κ1) is 16.7. The van der Waals surface area contributed by atoms with E-state index >= 15 is 0 Å². The normalized spacial score (nSPS) is 10.5. The fourth-order valence-electron chi connectivity index (χ4n) is 2.34. The van der Waals surface area contributed by atoms with Crippen LogP contribution in [0.3, 0.4) is 0 Å².